The standard InChI is InChI=1S/C26H43N7O3S/c27-23-30-25(28)32(24-9-14-29-15-10-24)17-6-2-1-3-7-18-33(37(34)35)26(11-4-5-12-26)13-8-16-31-19-21-36-22-20-31/h9-10,14-15H,1-8,11-13,16-22H2,(H2,28,30)(H,34,35). The lowest BCUT2D eigenvalue weighted by atomic mass is 9.91. The maximum Gasteiger partial charge on any atom is 0.235 e. The number of hydrogen-bond donors (Lipinski definition) is 2. The topological polar surface area (TPSA) is 131 Å². The fourth-order valence-corrected chi connectivity index (χ4v) is 6.55. The van der Waals surface area contributed by atoms with Gasteiger partial charge in [-0.1, -0.05) is 32.1 Å². The summed E-state index contributed by atoms with van der Waals surface area (Å²) in [6, 6.07) is 3.70. The van der Waals surface area contributed by atoms with Crippen molar-refractivity contribution in [2.24, 2.45) is 10.7 Å². The number of ether oxygens (including phenoxy) is 1. The highest BCUT2D eigenvalue weighted by Gasteiger charge is 2.41. The van der Waals surface area contributed by atoms with Crippen molar-refractivity contribution in [1.82, 2.24) is 14.2 Å². The molecule has 1 unspecified atom stereocenters. The van der Waals surface area contributed by atoms with E-state index in [1.807, 2.05) is 21.3 Å². The lowest BCUT2D eigenvalue weighted by Gasteiger charge is -2.39. The van der Waals surface area contributed by atoms with E-state index >= 15 is 0 Å². The van der Waals surface area contributed by atoms with Crippen LogP contribution in [0.1, 0.15) is 70.6 Å². The van der Waals surface area contributed by atoms with E-state index in [-0.39, 0.29) is 11.5 Å². The molecule has 1 atom stereocenters. The van der Waals surface area contributed by atoms with E-state index in [0.717, 1.165) is 109 Å². The summed E-state index contributed by atoms with van der Waals surface area (Å²) in [5.74, 6) is 0.185. The second kappa shape index (κ2) is 16.0. The zero-order chi connectivity index (χ0) is 26.3. The normalized spacial score (nSPS) is 19.1. The molecule has 1 saturated carbocycles. The molecule has 1 aromatic rings. The van der Waals surface area contributed by atoms with Crippen molar-refractivity contribution in [3.8, 4) is 6.19 Å². The molecule has 1 aliphatic carbocycles. The molecule has 10 nitrogen and oxygen atoms in total. The molecule has 0 amide bonds. The summed E-state index contributed by atoms with van der Waals surface area (Å²) in [7, 11) is 0. The van der Waals surface area contributed by atoms with Crippen molar-refractivity contribution in [3.05, 3.63) is 24.5 Å². The van der Waals surface area contributed by atoms with E-state index < -0.39 is 11.3 Å². The minimum atomic E-state index is -1.95. The Morgan fingerprint density at radius 2 is 1.78 bits per heavy atom. The summed E-state index contributed by atoms with van der Waals surface area (Å²) in [5.41, 5.74) is 6.72. The molecule has 11 heteroatoms. The van der Waals surface area contributed by atoms with Gasteiger partial charge in [-0.05, 0) is 57.2 Å². The van der Waals surface area contributed by atoms with Crippen molar-refractivity contribution >= 4 is 22.9 Å². The van der Waals surface area contributed by atoms with E-state index in [1.165, 1.54) is 0 Å². The van der Waals surface area contributed by atoms with Crippen LogP contribution in [0.25, 0.3) is 0 Å². The lowest BCUT2D eigenvalue weighted by molar-refractivity contribution is 0.0350. The fourth-order valence-electron chi connectivity index (χ4n) is 5.66. The zero-order valence-corrected chi connectivity index (χ0v) is 22.8. The van der Waals surface area contributed by atoms with Gasteiger partial charge in [0.25, 0.3) is 0 Å². The molecule has 0 spiro atoms. The summed E-state index contributed by atoms with van der Waals surface area (Å²) >= 11 is -1.95. The quantitative estimate of drug-likeness (QED) is 0.115. The summed E-state index contributed by atoms with van der Waals surface area (Å²) in [6.07, 6.45) is 16.3. The third-order valence-corrected chi connectivity index (χ3v) is 8.58. The second-order valence-corrected chi connectivity index (χ2v) is 10.9. The smallest absolute Gasteiger partial charge is 0.235 e. The SMILES string of the molecule is N#CN=C(N)N(CCCCCCCN(S(=O)O)C1(CCCN2CCOCC2)CCCC1)c1ccncc1. The number of unbranched alkanes of at least 4 members (excludes halogenated alkanes) is 4. The molecule has 0 bridgehead atoms. The number of aliphatic imine (C=N–C) groups is 1. The number of anilines is 1. The number of nitriles is 1. The second-order valence-electron chi connectivity index (χ2n) is 10.0. The minimum Gasteiger partial charge on any atom is -0.379 e. The van der Waals surface area contributed by atoms with E-state index in [1.54, 1.807) is 18.6 Å². The molecule has 206 valence electrons. The van der Waals surface area contributed by atoms with Crippen molar-refractivity contribution in [2.75, 3.05) is 50.8 Å². The van der Waals surface area contributed by atoms with Crippen molar-refractivity contribution < 1.29 is 13.5 Å². The Kier molecular flexibility index (Phi) is 12.7. The predicted octanol–water partition coefficient (Wildman–Crippen LogP) is 3.50. The Morgan fingerprint density at radius 3 is 2.43 bits per heavy atom. The van der Waals surface area contributed by atoms with Crippen molar-refractivity contribution in [1.29, 1.82) is 5.26 Å². The van der Waals surface area contributed by atoms with Gasteiger partial charge >= 0.3 is 0 Å². The van der Waals surface area contributed by atoms with Gasteiger partial charge in [-0.2, -0.15) is 9.57 Å². The van der Waals surface area contributed by atoms with E-state index in [4.69, 9.17) is 15.7 Å². The summed E-state index contributed by atoms with van der Waals surface area (Å²) in [5, 5.41) is 8.88. The Hall–Kier alpha value is -2.10. The van der Waals surface area contributed by atoms with Gasteiger partial charge in [0.15, 0.2) is 0 Å². The Labute approximate surface area is 224 Å². The van der Waals surface area contributed by atoms with Gasteiger partial charge in [0, 0.05) is 49.8 Å². The zero-order valence-electron chi connectivity index (χ0n) is 22.0. The van der Waals surface area contributed by atoms with Crippen molar-refractivity contribution in [3.63, 3.8) is 0 Å². The Bertz CT molecular complexity index is 884. The monoisotopic (exact) mass is 533 g/mol. The van der Waals surface area contributed by atoms with Gasteiger partial charge in [0.2, 0.25) is 23.4 Å². The van der Waals surface area contributed by atoms with Crippen LogP contribution in [0.4, 0.5) is 5.69 Å². The van der Waals surface area contributed by atoms with Crippen LogP contribution in [0.2, 0.25) is 0 Å². The first-order valence-corrected chi connectivity index (χ1v) is 14.7. The molecule has 1 aliphatic heterocycles. The van der Waals surface area contributed by atoms with Gasteiger partial charge in [0.05, 0.1) is 13.2 Å². The third-order valence-electron chi connectivity index (χ3n) is 7.63. The minimum absolute atomic E-state index is 0.144. The molecule has 1 aromatic heterocycles. The summed E-state index contributed by atoms with van der Waals surface area (Å²) in [6.45, 7) is 5.95. The van der Waals surface area contributed by atoms with Gasteiger partial charge in [-0.15, -0.1) is 4.99 Å². The summed E-state index contributed by atoms with van der Waals surface area (Å²) in [4.78, 5) is 12.0. The first kappa shape index (κ1) is 29.5. The molecule has 2 fully saturated rings. The number of rotatable bonds is 15. The molecule has 0 radical (unpaired) electrons. The first-order chi connectivity index (χ1) is 18.1. The highest BCUT2D eigenvalue weighted by molar-refractivity contribution is 7.76. The number of aromatic nitrogens is 1. The average Bonchev–Trinajstić information content (AvgIpc) is 3.38. The van der Waals surface area contributed by atoms with Crippen LogP contribution >= 0.6 is 0 Å². The average molecular weight is 534 g/mol. The maximum atomic E-state index is 12.4. The molecular formula is C26H43N7O3S. The fraction of sp³-hybridized carbons (Fsp3) is 0.731. The van der Waals surface area contributed by atoms with Crippen LogP contribution in [-0.2, 0) is 16.0 Å². The van der Waals surface area contributed by atoms with Gasteiger partial charge in [-0.3, -0.25) is 14.4 Å². The van der Waals surface area contributed by atoms with Gasteiger partial charge in [0.1, 0.15) is 0 Å². The molecule has 0 aromatic carbocycles. The molecule has 1 saturated heterocycles. The number of guanidine groups is 1. The van der Waals surface area contributed by atoms with Crippen LogP contribution in [-0.4, -0.2) is 80.4 Å². The Balaban J connectivity index is 1.41. The van der Waals surface area contributed by atoms with Gasteiger partial charge < -0.3 is 15.4 Å². The maximum absolute atomic E-state index is 12.4. The van der Waals surface area contributed by atoms with Crippen LogP contribution in [0.3, 0.4) is 0 Å². The van der Waals surface area contributed by atoms with Gasteiger partial charge in [-0.25, -0.2) is 4.21 Å². The molecule has 3 N–H and O–H groups in total. The molecular weight excluding hydrogens is 490 g/mol. The highest BCUT2D eigenvalue weighted by Crippen LogP contribution is 2.40. The number of pyridine rings is 1. The first-order valence-electron chi connectivity index (χ1n) is 13.6. The molecule has 2 aliphatic rings. The van der Waals surface area contributed by atoms with Crippen molar-refractivity contribution in [2.45, 2.75) is 76.2 Å². The number of hydrogen-bond acceptors (Lipinski definition) is 6. The van der Waals surface area contributed by atoms with E-state index in [2.05, 4.69) is 14.9 Å². The van der Waals surface area contributed by atoms with Crippen LogP contribution in [0, 0.1) is 11.5 Å². The molecule has 3 rings (SSSR count). The van der Waals surface area contributed by atoms with Crippen LogP contribution in [0.5, 0.6) is 0 Å². The molecule has 2 heterocycles. The summed E-state index contributed by atoms with van der Waals surface area (Å²) < 4.78 is 30.0. The highest BCUT2D eigenvalue weighted by atomic mass is 32.2. The lowest BCUT2D eigenvalue weighted by Crippen LogP contribution is -2.48. The largest absolute Gasteiger partial charge is 0.379 e. The van der Waals surface area contributed by atoms with Crippen LogP contribution < -0.4 is 10.6 Å². The van der Waals surface area contributed by atoms with E-state index in [9.17, 15) is 8.76 Å². The number of morpholine rings is 1. The Morgan fingerprint density at radius 1 is 1.14 bits per heavy atom. The van der Waals surface area contributed by atoms with Crippen LogP contribution in [0.15, 0.2) is 29.5 Å². The third kappa shape index (κ3) is 9.30. The molecule has 37 heavy (non-hydrogen) atoms. The number of nitrogens with zero attached hydrogens (tertiary/aromatic N) is 6. The number of nitrogens with two attached hydrogens (primary N) is 1. The predicted molar refractivity (Wildman–Crippen MR) is 147 cm³/mol. The van der Waals surface area contributed by atoms with E-state index in [0.29, 0.717) is 13.1 Å².